The summed E-state index contributed by atoms with van der Waals surface area (Å²) in [6.07, 6.45) is 4.12. The first kappa shape index (κ1) is 16.7. The van der Waals surface area contributed by atoms with Crippen molar-refractivity contribution in [3.63, 3.8) is 0 Å². The molecule has 130 valence electrons. The molecule has 0 aliphatic carbocycles. The maximum Gasteiger partial charge on any atom is 0.419 e. The van der Waals surface area contributed by atoms with Gasteiger partial charge in [0.1, 0.15) is 18.5 Å². The molecule has 0 amide bonds. The smallest absolute Gasteiger partial charge is 0.419 e. The number of nitrogens with zero attached hydrogens (tertiary/aromatic N) is 3. The molecule has 2 heterocycles. The quantitative estimate of drug-likeness (QED) is 0.612. The SMILES string of the molecule is CC(C)(C)OC(=O)n1cnc(C2=CCOc3c2cccc3[N+](=O)[O-])c1. The van der Waals surface area contributed by atoms with Gasteiger partial charge in [-0.2, -0.15) is 0 Å². The van der Waals surface area contributed by atoms with Crippen LogP contribution in [0.2, 0.25) is 0 Å². The molecule has 1 aliphatic rings. The van der Waals surface area contributed by atoms with Crippen molar-refractivity contribution in [3.8, 4) is 5.75 Å². The van der Waals surface area contributed by atoms with E-state index < -0.39 is 16.6 Å². The van der Waals surface area contributed by atoms with Crippen LogP contribution in [0.15, 0.2) is 36.8 Å². The predicted molar refractivity (Wildman–Crippen MR) is 89.5 cm³/mol. The largest absolute Gasteiger partial charge is 0.482 e. The zero-order chi connectivity index (χ0) is 18.2. The van der Waals surface area contributed by atoms with Crippen LogP contribution in [0.4, 0.5) is 10.5 Å². The van der Waals surface area contributed by atoms with E-state index in [0.29, 0.717) is 16.8 Å². The Morgan fingerprint density at radius 1 is 1.40 bits per heavy atom. The summed E-state index contributed by atoms with van der Waals surface area (Å²) in [6.45, 7) is 5.52. The summed E-state index contributed by atoms with van der Waals surface area (Å²) in [5.41, 5.74) is 1.03. The molecule has 8 nitrogen and oxygen atoms in total. The third-order valence-corrected chi connectivity index (χ3v) is 3.46. The van der Waals surface area contributed by atoms with Crippen molar-refractivity contribution >= 4 is 17.4 Å². The molecule has 3 rings (SSSR count). The first-order valence-corrected chi connectivity index (χ1v) is 7.65. The van der Waals surface area contributed by atoms with Crippen molar-refractivity contribution in [2.75, 3.05) is 6.61 Å². The van der Waals surface area contributed by atoms with E-state index in [9.17, 15) is 14.9 Å². The van der Waals surface area contributed by atoms with Crippen molar-refractivity contribution in [3.05, 3.63) is 58.2 Å². The normalized spacial score (nSPS) is 13.5. The fraction of sp³-hybridized carbons (Fsp3) is 0.294. The van der Waals surface area contributed by atoms with E-state index in [4.69, 9.17) is 9.47 Å². The van der Waals surface area contributed by atoms with Crippen LogP contribution in [0.5, 0.6) is 5.75 Å². The van der Waals surface area contributed by atoms with E-state index in [1.807, 2.05) is 0 Å². The second-order valence-electron chi connectivity index (χ2n) is 6.49. The average molecular weight is 343 g/mol. The monoisotopic (exact) mass is 343 g/mol. The van der Waals surface area contributed by atoms with Crippen molar-refractivity contribution in [2.24, 2.45) is 0 Å². The van der Waals surface area contributed by atoms with E-state index in [0.717, 1.165) is 0 Å². The first-order valence-electron chi connectivity index (χ1n) is 7.65. The number of nitro benzene ring substituents is 1. The molecule has 1 aromatic carbocycles. The number of para-hydroxylation sites is 1. The van der Waals surface area contributed by atoms with E-state index in [1.54, 1.807) is 39.0 Å². The number of imidazole rings is 1. The number of benzene rings is 1. The number of ether oxygens (including phenoxy) is 2. The number of carbonyl (C=O) groups is 1. The van der Waals surface area contributed by atoms with Gasteiger partial charge in [0, 0.05) is 23.4 Å². The summed E-state index contributed by atoms with van der Waals surface area (Å²) in [7, 11) is 0. The van der Waals surface area contributed by atoms with E-state index >= 15 is 0 Å². The molecule has 0 radical (unpaired) electrons. The van der Waals surface area contributed by atoms with Crippen LogP contribution in [-0.2, 0) is 4.74 Å². The maximum atomic E-state index is 12.1. The minimum Gasteiger partial charge on any atom is -0.482 e. The lowest BCUT2D eigenvalue weighted by molar-refractivity contribution is -0.385. The Morgan fingerprint density at radius 3 is 2.84 bits per heavy atom. The van der Waals surface area contributed by atoms with Crippen molar-refractivity contribution in [1.29, 1.82) is 0 Å². The van der Waals surface area contributed by atoms with Gasteiger partial charge in [0.25, 0.3) is 0 Å². The van der Waals surface area contributed by atoms with Gasteiger partial charge in [-0.15, -0.1) is 0 Å². The number of nitro groups is 1. The Morgan fingerprint density at radius 2 is 2.16 bits per heavy atom. The van der Waals surface area contributed by atoms with Gasteiger partial charge in [0.2, 0.25) is 5.75 Å². The molecule has 0 bridgehead atoms. The van der Waals surface area contributed by atoms with Crippen molar-refractivity contribution in [2.45, 2.75) is 26.4 Å². The molecule has 25 heavy (non-hydrogen) atoms. The fourth-order valence-corrected chi connectivity index (χ4v) is 2.47. The number of hydrogen-bond donors (Lipinski definition) is 0. The average Bonchev–Trinajstić information content (AvgIpc) is 3.02. The molecule has 0 fully saturated rings. The predicted octanol–water partition coefficient (Wildman–Crippen LogP) is 3.40. The molecular weight excluding hydrogens is 326 g/mol. The summed E-state index contributed by atoms with van der Waals surface area (Å²) in [6, 6.07) is 4.70. The Hall–Kier alpha value is -3.16. The van der Waals surface area contributed by atoms with Gasteiger partial charge >= 0.3 is 11.8 Å². The highest BCUT2D eigenvalue weighted by atomic mass is 16.6. The van der Waals surface area contributed by atoms with Gasteiger partial charge in [-0.25, -0.2) is 14.3 Å². The molecule has 0 saturated carbocycles. The van der Waals surface area contributed by atoms with E-state index in [-0.39, 0.29) is 18.0 Å². The molecule has 1 aliphatic heterocycles. The number of hydrogen-bond acceptors (Lipinski definition) is 6. The second-order valence-corrected chi connectivity index (χ2v) is 6.49. The van der Waals surface area contributed by atoms with Crippen molar-refractivity contribution in [1.82, 2.24) is 9.55 Å². The number of rotatable bonds is 2. The van der Waals surface area contributed by atoms with Crippen LogP contribution in [0.25, 0.3) is 5.57 Å². The van der Waals surface area contributed by atoms with Gasteiger partial charge in [-0.1, -0.05) is 12.1 Å². The highest BCUT2D eigenvalue weighted by molar-refractivity contribution is 5.85. The topological polar surface area (TPSA) is 96.5 Å². The summed E-state index contributed by atoms with van der Waals surface area (Å²) in [4.78, 5) is 27.0. The van der Waals surface area contributed by atoms with Crippen LogP contribution in [0.1, 0.15) is 32.0 Å². The van der Waals surface area contributed by atoms with Crippen molar-refractivity contribution < 1.29 is 19.2 Å². The molecular formula is C17H17N3O5. The van der Waals surface area contributed by atoms with Crippen LogP contribution in [-0.4, -0.2) is 32.8 Å². The minimum atomic E-state index is -0.618. The molecule has 8 heteroatoms. The lowest BCUT2D eigenvalue weighted by Gasteiger charge is -2.19. The van der Waals surface area contributed by atoms with Gasteiger partial charge in [-0.05, 0) is 26.8 Å². The Kier molecular flexibility index (Phi) is 4.03. The molecule has 0 spiro atoms. The van der Waals surface area contributed by atoms with Gasteiger partial charge in [0.15, 0.2) is 0 Å². The van der Waals surface area contributed by atoms with Crippen LogP contribution >= 0.6 is 0 Å². The molecule has 2 aromatic rings. The second kappa shape index (κ2) is 6.04. The first-order chi connectivity index (χ1) is 11.8. The molecule has 1 aromatic heterocycles. The Labute approximate surface area is 143 Å². The molecule has 0 atom stereocenters. The lowest BCUT2D eigenvalue weighted by atomic mass is 9.99. The summed E-state index contributed by atoms with van der Waals surface area (Å²) in [5.74, 6) is 0.205. The van der Waals surface area contributed by atoms with Crippen LogP contribution in [0.3, 0.4) is 0 Å². The number of carbonyl (C=O) groups excluding carboxylic acids is 1. The van der Waals surface area contributed by atoms with Crippen LogP contribution in [0, 0.1) is 10.1 Å². The van der Waals surface area contributed by atoms with Crippen LogP contribution < -0.4 is 4.74 Å². The third-order valence-electron chi connectivity index (χ3n) is 3.46. The van der Waals surface area contributed by atoms with E-state index in [2.05, 4.69) is 4.98 Å². The standard InChI is InChI=1S/C17H17N3O5/c1-17(2,3)25-16(21)19-9-13(18-10-19)11-7-8-24-15-12(11)5-4-6-14(15)20(22)23/h4-7,9-10H,8H2,1-3H3. The van der Waals surface area contributed by atoms with Gasteiger partial charge in [-0.3, -0.25) is 10.1 Å². The number of aromatic nitrogens is 2. The fourth-order valence-electron chi connectivity index (χ4n) is 2.47. The number of fused-ring (bicyclic) bond motifs is 1. The highest BCUT2D eigenvalue weighted by Crippen LogP contribution is 2.39. The van der Waals surface area contributed by atoms with E-state index in [1.165, 1.54) is 23.2 Å². The molecule has 0 saturated heterocycles. The molecule has 0 unspecified atom stereocenters. The summed E-state index contributed by atoms with van der Waals surface area (Å²) >= 11 is 0. The Bertz CT molecular complexity index is 877. The summed E-state index contributed by atoms with van der Waals surface area (Å²) < 4.78 is 12.0. The molecule has 0 N–H and O–H groups in total. The third kappa shape index (κ3) is 3.37. The van der Waals surface area contributed by atoms with Gasteiger partial charge in [0.05, 0.1) is 10.6 Å². The zero-order valence-corrected chi connectivity index (χ0v) is 14.1. The highest BCUT2D eigenvalue weighted by Gasteiger charge is 2.26. The Balaban J connectivity index is 1.95. The lowest BCUT2D eigenvalue weighted by Crippen LogP contribution is -2.26. The zero-order valence-electron chi connectivity index (χ0n) is 14.1. The van der Waals surface area contributed by atoms with Gasteiger partial charge < -0.3 is 9.47 Å². The maximum absolute atomic E-state index is 12.1. The minimum absolute atomic E-state index is 0.102. The summed E-state index contributed by atoms with van der Waals surface area (Å²) in [5, 5.41) is 11.2.